The summed E-state index contributed by atoms with van der Waals surface area (Å²) in [5.74, 6) is 5.55. The van der Waals surface area contributed by atoms with Crippen molar-refractivity contribution in [3.05, 3.63) is 0 Å². The molecule has 1 aliphatic heterocycles. The zero-order valence-electron chi connectivity index (χ0n) is 8.38. The standard InChI is InChI=1S/C9H18N2O2/c1-3-13-8(12)9(2)5-4-6-11(10)7-9/h3-7,10H2,1-2H3. The predicted molar refractivity (Wildman–Crippen MR) is 49.7 cm³/mol. The molecule has 1 saturated heterocycles. The van der Waals surface area contributed by atoms with Crippen molar-refractivity contribution >= 4 is 5.97 Å². The van der Waals surface area contributed by atoms with E-state index in [0.717, 1.165) is 19.4 Å². The van der Waals surface area contributed by atoms with Crippen LogP contribution in [0.25, 0.3) is 0 Å². The summed E-state index contributed by atoms with van der Waals surface area (Å²) in [7, 11) is 0. The van der Waals surface area contributed by atoms with Gasteiger partial charge in [-0.3, -0.25) is 10.6 Å². The third-order valence-corrected chi connectivity index (χ3v) is 2.49. The first-order chi connectivity index (χ1) is 6.08. The van der Waals surface area contributed by atoms with E-state index in [1.54, 1.807) is 5.01 Å². The van der Waals surface area contributed by atoms with E-state index in [9.17, 15) is 4.79 Å². The maximum atomic E-state index is 11.6. The molecular weight excluding hydrogens is 168 g/mol. The van der Waals surface area contributed by atoms with Crippen LogP contribution < -0.4 is 5.84 Å². The monoisotopic (exact) mass is 186 g/mol. The number of nitrogens with zero attached hydrogens (tertiary/aromatic N) is 1. The second-order valence-corrected chi connectivity index (χ2v) is 3.86. The highest BCUT2D eigenvalue weighted by Crippen LogP contribution is 2.29. The van der Waals surface area contributed by atoms with E-state index in [-0.39, 0.29) is 5.97 Å². The molecule has 1 rings (SSSR count). The molecule has 1 unspecified atom stereocenters. The molecule has 0 aromatic carbocycles. The highest BCUT2D eigenvalue weighted by Gasteiger charge is 2.38. The molecule has 0 aromatic rings. The molecule has 0 spiro atoms. The Morgan fingerprint density at radius 2 is 2.38 bits per heavy atom. The third-order valence-electron chi connectivity index (χ3n) is 2.49. The smallest absolute Gasteiger partial charge is 0.313 e. The number of rotatable bonds is 2. The molecule has 4 nitrogen and oxygen atoms in total. The molecule has 0 radical (unpaired) electrons. The molecule has 2 N–H and O–H groups in total. The van der Waals surface area contributed by atoms with E-state index in [1.165, 1.54) is 0 Å². The van der Waals surface area contributed by atoms with Crippen LogP contribution >= 0.6 is 0 Å². The Morgan fingerprint density at radius 1 is 1.69 bits per heavy atom. The van der Waals surface area contributed by atoms with Gasteiger partial charge in [-0.05, 0) is 26.7 Å². The van der Waals surface area contributed by atoms with Crippen LogP contribution in [0.4, 0.5) is 0 Å². The van der Waals surface area contributed by atoms with E-state index in [0.29, 0.717) is 13.2 Å². The predicted octanol–water partition coefficient (Wildman–Crippen LogP) is 0.525. The first-order valence-electron chi connectivity index (χ1n) is 4.75. The quantitative estimate of drug-likeness (QED) is 0.504. The summed E-state index contributed by atoms with van der Waals surface area (Å²) in [4.78, 5) is 11.6. The summed E-state index contributed by atoms with van der Waals surface area (Å²) < 4.78 is 5.01. The van der Waals surface area contributed by atoms with Gasteiger partial charge in [-0.15, -0.1) is 0 Å². The number of ether oxygens (including phenoxy) is 1. The van der Waals surface area contributed by atoms with Gasteiger partial charge in [-0.1, -0.05) is 0 Å². The number of nitrogens with two attached hydrogens (primary N) is 1. The average Bonchev–Trinajstić information content (AvgIpc) is 2.04. The van der Waals surface area contributed by atoms with Crippen LogP contribution in [0.15, 0.2) is 0 Å². The first kappa shape index (κ1) is 10.5. The highest BCUT2D eigenvalue weighted by molar-refractivity contribution is 5.76. The first-order valence-corrected chi connectivity index (χ1v) is 4.75. The molecule has 1 aliphatic rings. The fraction of sp³-hybridized carbons (Fsp3) is 0.889. The molecule has 4 heteroatoms. The number of hydrogen-bond donors (Lipinski definition) is 1. The number of piperidine rings is 1. The van der Waals surface area contributed by atoms with Crippen molar-refractivity contribution in [1.29, 1.82) is 0 Å². The van der Waals surface area contributed by atoms with Gasteiger partial charge in [0.25, 0.3) is 0 Å². The number of hydrogen-bond acceptors (Lipinski definition) is 4. The minimum absolute atomic E-state index is 0.120. The molecule has 0 bridgehead atoms. The van der Waals surface area contributed by atoms with Gasteiger partial charge in [0.15, 0.2) is 0 Å². The zero-order chi connectivity index (χ0) is 9.90. The van der Waals surface area contributed by atoms with Crippen molar-refractivity contribution in [3.8, 4) is 0 Å². The van der Waals surface area contributed by atoms with Gasteiger partial charge in [0.2, 0.25) is 0 Å². The summed E-state index contributed by atoms with van der Waals surface area (Å²) in [6.45, 7) is 5.66. The second-order valence-electron chi connectivity index (χ2n) is 3.86. The van der Waals surface area contributed by atoms with Gasteiger partial charge in [0.05, 0.1) is 12.0 Å². The van der Waals surface area contributed by atoms with Crippen molar-refractivity contribution in [1.82, 2.24) is 5.01 Å². The van der Waals surface area contributed by atoms with E-state index >= 15 is 0 Å². The molecule has 13 heavy (non-hydrogen) atoms. The minimum Gasteiger partial charge on any atom is -0.466 e. The fourth-order valence-electron chi connectivity index (χ4n) is 1.75. The molecule has 0 amide bonds. The lowest BCUT2D eigenvalue weighted by Crippen LogP contribution is -2.49. The molecule has 1 atom stereocenters. The Labute approximate surface area is 79.0 Å². The Kier molecular flexibility index (Phi) is 3.27. The summed E-state index contributed by atoms with van der Waals surface area (Å²) in [6, 6.07) is 0. The SMILES string of the molecule is CCOC(=O)C1(C)CCCN(N)C1. The Balaban J connectivity index is 2.57. The summed E-state index contributed by atoms with van der Waals surface area (Å²) >= 11 is 0. The van der Waals surface area contributed by atoms with E-state index < -0.39 is 5.41 Å². The van der Waals surface area contributed by atoms with Crippen LogP contribution in [-0.4, -0.2) is 30.7 Å². The molecule has 0 aliphatic carbocycles. The van der Waals surface area contributed by atoms with Crippen LogP contribution in [-0.2, 0) is 9.53 Å². The number of carbonyl (C=O) groups is 1. The van der Waals surface area contributed by atoms with Gasteiger partial charge < -0.3 is 4.74 Å². The molecule has 76 valence electrons. The van der Waals surface area contributed by atoms with Crippen LogP contribution in [0, 0.1) is 5.41 Å². The normalized spacial score (nSPS) is 30.1. The Hall–Kier alpha value is -0.610. The topological polar surface area (TPSA) is 55.6 Å². The van der Waals surface area contributed by atoms with Crippen molar-refractivity contribution < 1.29 is 9.53 Å². The second kappa shape index (κ2) is 4.07. The number of esters is 1. The summed E-state index contributed by atoms with van der Waals surface area (Å²) in [6.07, 6.45) is 1.84. The van der Waals surface area contributed by atoms with Gasteiger partial charge in [-0.25, -0.2) is 5.01 Å². The van der Waals surface area contributed by atoms with Crippen molar-refractivity contribution in [3.63, 3.8) is 0 Å². The summed E-state index contributed by atoms with van der Waals surface area (Å²) in [5, 5.41) is 1.69. The summed E-state index contributed by atoms with van der Waals surface area (Å²) in [5.41, 5.74) is -0.400. The maximum absolute atomic E-state index is 11.6. The Morgan fingerprint density at radius 3 is 2.92 bits per heavy atom. The molecule has 0 saturated carbocycles. The van der Waals surface area contributed by atoms with Crippen molar-refractivity contribution in [2.24, 2.45) is 11.3 Å². The molecular formula is C9H18N2O2. The Bertz CT molecular complexity index is 196. The fourth-order valence-corrected chi connectivity index (χ4v) is 1.75. The molecule has 0 aromatic heterocycles. The van der Waals surface area contributed by atoms with Gasteiger partial charge in [-0.2, -0.15) is 0 Å². The lowest BCUT2D eigenvalue weighted by atomic mass is 9.82. The lowest BCUT2D eigenvalue weighted by molar-refractivity contribution is -0.157. The van der Waals surface area contributed by atoms with Crippen LogP contribution in [0.2, 0.25) is 0 Å². The average molecular weight is 186 g/mol. The number of carbonyl (C=O) groups excluding carboxylic acids is 1. The van der Waals surface area contributed by atoms with Crippen LogP contribution in [0.3, 0.4) is 0 Å². The van der Waals surface area contributed by atoms with Gasteiger partial charge >= 0.3 is 5.97 Å². The van der Waals surface area contributed by atoms with E-state index in [1.807, 2.05) is 13.8 Å². The molecule has 1 heterocycles. The highest BCUT2D eigenvalue weighted by atomic mass is 16.5. The zero-order valence-corrected chi connectivity index (χ0v) is 8.38. The van der Waals surface area contributed by atoms with Crippen LogP contribution in [0.1, 0.15) is 26.7 Å². The van der Waals surface area contributed by atoms with E-state index in [4.69, 9.17) is 10.6 Å². The van der Waals surface area contributed by atoms with Crippen molar-refractivity contribution in [2.45, 2.75) is 26.7 Å². The van der Waals surface area contributed by atoms with Crippen LogP contribution in [0.5, 0.6) is 0 Å². The maximum Gasteiger partial charge on any atom is 0.313 e. The number of hydrazine groups is 1. The van der Waals surface area contributed by atoms with Gasteiger partial charge in [0, 0.05) is 13.1 Å². The van der Waals surface area contributed by atoms with Crippen molar-refractivity contribution in [2.75, 3.05) is 19.7 Å². The lowest BCUT2D eigenvalue weighted by Gasteiger charge is -2.35. The molecule has 1 fully saturated rings. The van der Waals surface area contributed by atoms with Gasteiger partial charge in [0.1, 0.15) is 0 Å². The minimum atomic E-state index is -0.400. The van der Waals surface area contributed by atoms with E-state index in [2.05, 4.69) is 0 Å². The largest absolute Gasteiger partial charge is 0.466 e. The third kappa shape index (κ3) is 2.42.